The zero-order valence-electron chi connectivity index (χ0n) is 14.3. The lowest BCUT2D eigenvalue weighted by molar-refractivity contribution is -0.107. The molecule has 0 aliphatic rings. The first kappa shape index (κ1) is 19.6. The van der Waals surface area contributed by atoms with E-state index in [0.717, 1.165) is 31.2 Å². The Labute approximate surface area is 143 Å². The first-order valence-corrected chi connectivity index (χ1v) is 8.03. The van der Waals surface area contributed by atoms with Crippen LogP contribution in [0.15, 0.2) is 48.5 Å². The van der Waals surface area contributed by atoms with Crippen molar-refractivity contribution in [2.24, 2.45) is 0 Å². The fourth-order valence-electron chi connectivity index (χ4n) is 2.11. The van der Waals surface area contributed by atoms with E-state index >= 15 is 0 Å². The molecule has 128 valence electrons. The van der Waals surface area contributed by atoms with Gasteiger partial charge in [0.1, 0.15) is 6.29 Å². The number of aldehydes is 1. The monoisotopic (exact) mass is 327 g/mol. The maximum atomic E-state index is 10.5. The number of nitrogens with one attached hydrogen (secondary N) is 1. The second-order valence-electron chi connectivity index (χ2n) is 5.58. The summed E-state index contributed by atoms with van der Waals surface area (Å²) in [4.78, 5) is 20.5. The van der Waals surface area contributed by atoms with E-state index in [9.17, 15) is 9.59 Å². The van der Waals surface area contributed by atoms with Gasteiger partial charge in [0.25, 0.3) is 0 Å². The van der Waals surface area contributed by atoms with Crippen LogP contribution in [0.1, 0.15) is 39.9 Å². The molecule has 0 bridgehead atoms. The van der Waals surface area contributed by atoms with Gasteiger partial charge in [-0.05, 0) is 50.1 Å². The summed E-state index contributed by atoms with van der Waals surface area (Å²) in [6.45, 7) is 2.84. The van der Waals surface area contributed by atoms with Crippen LogP contribution in [0.25, 0.3) is 0 Å². The molecule has 0 saturated carbocycles. The van der Waals surface area contributed by atoms with E-state index < -0.39 is 5.97 Å². The molecule has 24 heavy (non-hydrogen) atoms. The van der Waals surface area contributed by atoms with Gasteiger partial charge in [-0.15, -0.1) is 0 Å². The van der Waals surface area contributed by atoms with E-state index in [0.29, 0.717) is 12.0 Å². The molecule has 0 unspecified atom stereocenters. The summed E-state index contributed by atoms with van der Waals surface area (Å²) in [6, 6.07) is 15.3. The highest BCUT2D eigenvalue weighted by Crippen LogP contribution is 2.06. The van der Waals surface area contributed by atoms with Gasteiger partial charge in [0.2, 0.25) is 0 Å². The largest absolute Gasteiger partial charge is 0.478 e. The molecule has 2 aromatic carbocycles. The number of rotatable bonds is 7. The van der Waals surface area contributed by atoms with Crippen LogP contribution in [0.4, 0.5) is 0 Å². The van der Waals surface area contributed by atoms with Crippen molar-refractivity contribution in [3.05, 3.63) is 70.8 Å². The average Bonchev–Trinajstić information content (AvgIpc) is 2.58. The highest BCUT2D eigenvalue weighted by atomic mass is 16.4. The predicted molar refractivity (Wildman–Crippen MR) is 96.3 cm³/mol. The molecule has 2 aromatic rings. The lowest BCUT2D eigenvalue weighted by Crippen LogP contribution is -2.05. The fourth-order valence-corrected chi connectivity index (χ4v) is 2.11. The molecule has 0 saturated heterocycles. The molecular weight excluding hydrogens is 302 g/mol. The lowest BCUT2D eigenvalue weighted by atomic mass is 10.1. The quantitative estimate of drug-likeness (QED) is 0.602. The minimum absolute atomic E-state index is 0.329. The van der Waals surface area contributed by atoms with Crippen molar-refractivity contribution < 1.29 is 14.7 Å². The topological polar surface area (TPSA) is 66.4 Å². The summed E-state index contributed by atoms with van der Waals surface area (Å²) in [5.74, 6) is -0.883. The lowest BCUT2D eigenvalue weighted by Gasteiger charge is -1.99. The molecule has 0 atom stereocenters. The molecule has 0 radical (unpaired) electrons. The summed E-state index contributed by atoms with van der Waals surface area (Å²) in [7, 11) is 1.85. The van der Waals surface area contributed by atoms with E-state index in [1.165, 1.54) is 11.1 Å². The van der Waals surface area contributed by atoms with Crippen molar-refractivity contribution in [1.29, 1.82) is 0 Å². The zero-order chi connectivity index (χ0) is 17.8. The maximum Gasteiger partial charge on any atom is 0.335 e. The van der Waals surface area contributed by atoms with Crippen LogP contribution in [0.3, 0.4) is 0 Å². The van der Waals surface area contributed by atoms with Crippen LogP contribution < -0.4 is 5.32 Å². The van der Waals surface area contributed by atoms with Gasteiger partial charge in [-0.1, -0.05) is 42.0 Å². The predicted octanol–water partition coefficient (Wildman–Crippen LogP) is 3.62. The number of hydrogen-bond donors (Lipinski definition) is 2. The standard InChI is InChI=1S/C11H14O.C9H11NO2/c1-10-5-7-11(8-6-10)4-2-3-9-12;1-10-6-7-2-4-8(5-3-7)9(11)12/h5-9H,2-4H2,1H3;2-5,10H,6H2,1H3,(H,11,12). The van der Waals surface area contributed by atoms with Gasteiger partial charge in [0.15, 0.2) is 0 Å². The summed E-state index contributed by atoms with van der Waals surface area (Å²) in [5.41, 5.74) is 4.02. The molecule has 0 aromatic heterocycles. The number of carboxylic acid groups (broad SMARTS) is 1. The Morgan fingerprint density at radius 1 is 1.04 bits per heavy atom. The summed E-state index contributed by atoms with van der Waals surface area (Å²) >= 11 is 0. The van der Waals surface area contributed by atoms with E-state index in [1.54, 1.807) is 24.3 Å². The Hall–Kier alpha value is -2.46. The number of carbonyl (C=O) groups is 2. The molecule has 0 amide bonds. The second kappa shape index (κ2) is 11.1. The Kier molecular flexibility index (Phi) is 9.09. The van der Waals surface area contributed by atoms with Crippen LogP contribution in [-0.2, 0) is 17.8 Å². The number of aryl methyl sites for hydroxylation is 2. The Morgan fingerprint density at radius 3 is 2.12 bits per heavy atom. The summed E-state index contributed by atoms with van der Waals surface area (Å²) in [5, 5.41) is 11.6. The maximum absolute atomic E-state index is 10.5. The van der Waals surface area contributed by atoms with E-state index in [-0.39, 0.29) is 0 Å². The van der Waals surface area contributed by atoms with Gasteiger partial charge in [0.05, 0.1) is 5.56 Å². The van der Waals surface area contributed by atoms with Crippen LogP contribution in [-0.4, -0.2) is 24.4 Å². The van der Waals surface area contributed by atoms with Crippen molar-refractivity contribution >= 4 is 12.3 Å². The number of hydrogen-bond acceptors (Lipinski definition) is 3. The minimum atomic E-state index is -0.883. The van der Waals surface area contributed by atoms with Crippen LogP contribution in [0.2, 0.25) is 0 Å². The molecule has 0 aliphatic heterocycles. The van der Waals surface area contributed by atoms with Crippen molar-refractivity contribution in [3.63, 3.8) is 0 Å². The SMILES string of the molecule is CNCc1ccc(C(=O)O)cc1.Cc1ccc(CCCC=O)cc1. The molecule has 0 fully saturated rings. The highest BCUT2D eigenvalue weighted by molar-refractivity contribution is 5.87. The van der Waals surface area contributed by atoms with Gasteiger partial charge in [-0.3, -0.25) is 0 Å². The zero-order valence-corrected chi connectivity index (χ0v) is 14.3. The minimum Gasteiger partial charge on any atom is -0.478 e. The summed E-state index contributed by atoms with van der Waals surface area (Å²) < 4.78 is 0. The average molecular weight is 327 g/mol. The van der Waals surface area contributed by atoms with Gasteiger partial charge >= 0.3 is 5.97 Å². The van der Waals surface area contributed by atoms with Crippen molar-refractivity contribution in [2.75, 3.05) is 7.05 Å². The first-order valence-electron chi connectivity index (χ1n) is 8.03. The molecule has 0 spiro atoms. The van der Waals surface area contributed by atoms with Crippen LogP contribution in [0, 0.1) is 6.92 Å². The van der Waals surface area contributed by atoms with Gasteiger partial charge in [-0.25, -0.2) is 4.79 Å². The summed E-state index contributed by atoms with van der Waals surface area (Å²) in [6.07, 6.45) is 3.63. The van der Waals surface area contributed by atoms with Gasteiger partial charge in [0, 0.05) is 13.0 Å². The number of aromatic carboxylic acids is 1. The molecule has 0 aliphatic carbocycles. The molecular formula is C20H25NO3. The first-order chi connectivity index (χ1) is 11.6. The van der Waals surface area contributed by atoms with Crippen LogP contribution >= 0.6 is 0 Å². The number of carbonyl (C=O) groups excluding carboxylic acids is 1. The fraction of sp³-hybridized carbons (Fsp3) is 0.300. The number of unbranched alkanes of at least 4 members (excludes halogenated alkanes) is 1. The molecule has 2 N–H and O–H groups in total. The van der Waals surface area contributed by atoms with Gasteiger partial charge in [-0.2, -0.15) is 0 Å². The highest BCUT2D eigenvalue weighted by Gasteiger charge is 2.00. The third kappa shape index (κ3) is 7.70. The normalized spacial score (nSPS) is 9.75. The number of benzene rings is 2. The molecule has 0 heterocycles. The number of carboxylic acids is 1. The van der Waals surface area contributed by atoms with Crippen LogP contribution in [0.5, 0.6) is 0 Å². The smallest absolute Gasteiger partial charge is 0.335 e. The second-order valence-corrected chi connectivity index (χ2v) is 5.58. The van der Waals surface area contributed by atoms with E-state index in [4.69, 9.17) is 5.11 Å². The van der Waals surface area contributed by atoms with E-state index in [2.05, 4.69) is 36.5 Å². The Balaban J connectivity index is 0.000000240. The van der Waals surface area contributed by atoms with Crippen molar-refractivity contribution in [3.8, 4) is 0 Å². The molecule has 4 heteroatoms. The van der Waals surface area contributed by atoms with Gasteiger partial charge < -0.3 is 15.2 Å². The van der Waals surface area contributed by atoms with E-state index in [1.807, 2.05) is 7.05 Å². The van der Waals surface area contributed by atoms with Crippen molar-refractivity contribution in [2.45, 2.75) is 32.7 Å². The third-order valence-electron chi connectivity index (χ3n) is 3.49. The molecule has 4 nitrogen and oxygen atoms in total. The Morgan fingerprint density at radius 2 is 1.62 bits per heavy atom. The third-order valence-corrected chi connectivity index (χ3v) is 3.49. The Bertz CT molecular complexity index is 618. The van der Waals surface area contributed by atoms with Crippen molar-refractivity contribution in [1.82, 2.24) is 5.32 Å². The molecule has 2 rings (SSSR count).